The molecule has 0 aliphatic carbocycles. The maximum absolute atomic E-state index is 13.4. The van der Waals surface area contributed by atoms with Gasteiger partial charge in [-0.15, -0.1) is 11.3 Å². The zero-order chi connectivity index (χ0) is 23.4. The predicted octanol–water partition coefficient (Wildman–Crippen LogP) is 6.89. The zero-order valence-electron chi connectivity index (χ0n) is 18.0. The lowest BCUT2D eigenvalue weighted by Crippen LogP contribution is -2.18. The Morgan fingerprint density at radius 2 is 1.52 bits per heavy atom. The van der Waals surface area contributed by atoms with Crippen molar-refractivity contribution in [1.29, 1.82) is 0 Å². The van der Waals surface area contributed by atoms with Crippen molar-refractivity contribution < 1.29 is 14.3 Å². The largest absolute Gasteiger partial charge is 0.495 e. The lowest BCUT2D eigenvalue weighted by molar-refractivity contribution is 0.102. The number of anilines is 2. The molecule has 0 aliphatic rings. The van der Waals surface area contributed by atoms with Crippen molar-refractivity contribution in [1.82, 2.24) is 0 Å². The van der Waals surface area contributed by atoms with Crippen LogP contribution in [0.4, 0.5) is 10.7 Å². The molecule has 3 aromatic carbocycles. The van der Waals surface area contributed by atoms with Crippen LogP contribution in [-0.4, -0.2) is 18.9 Å². The Balaban J connectivity index is 1.75. The van der Waals surface area contributed by atoms with E-state index in [0.29, 0.717) is 32.6 Å². The smallest absolute Gasteiger partial charge is 0.259 e. The van der Waals surface area contributed by atoms with Gasteiger partial charge in [0.2, 0.25) is 0 Å². The molecule has 1 heterocycles. The minimum absolute atomic E-state index is 0.336. The average molecular weight is 477 g/mol. The SMILES string of the molecule is COc1ccccc1NC(=O)c1c(NC(=O)c2ccccc2Cl)sc(-c2ccccc2)c1C. The fraction of sp³-hybridized carbons (Fsp3) is 0.0769. The van der Waals surface area contributed by atoms with E-state index in [2.05, 4.69) is 10.6 Å². The second-order valence-corrected chi connectivity index (χ2v) is 8.64. The van der Waals surface area contributed by atoms with Crippen LogP contribution in [0.1, 0.15) is 26.3 Å². The molecule has 0 fully saturated rings. The van der Waals surface area contributed by atoms with E-state index >= 15 is 0 Å². The number of rotatable bonds is 6. The van der Waals surface area contributed by atoms with Crippen molar-refractivity contribution in [2.24, 2.45) is 0 Å². The van der Waals surface area contributed by atoms with E-state index in [1.807, 2.05) is 49.4 Å². The Kier molecular flexibility index (Phi) is 6.77. The normalized spacial score (nSPS) is 10.5. The quantitative estimate of drug-likeness (QED) is 0.318. The highest BCUT2D eigenvalue weighted by atomic mass is 35.5. The summed E-state index contributed by atoms with van der Waals surface area (Å²) in [7, 11) is 1.55. The molecule has 166 valence electrons. The molecule has 0 spiro atoms. The van der Waals surface area contributed by atoms with Crippen LogP contribution in [0.3, 0.4) is 0 Å². The van der Waals surface area contributed by atoms with Gasteiger partial charge >= 0.3 is 0 Å². The van der Waals surface area contributed by atoms with E-state index < -0.39 is 0 Å². The summed E-state index contributed by atoms with van der Waals surface area (Å²) in [5.74, 6) is -0.179. The van der Waals surface area contributed by atoms with Gasteiger partial charge in [-0.3, -0.25) is 9.59 Å². The summed E-state index contributed by atoms with van der Waals surface area (Å²) in [6.07, 6.45) is 0. The standard InChI is InChI=1S/C26H21ClN2O3S/c1-16-22(25(31)28-20-14-8-9-15-21(20)32-2)26(33-23(16)17-10-4-3-5-11-17)29-24(30)18-12-6-7-13-19(18)27/h3-15H,1-2H3,(H,28,31)(H,29,30). The first-order valence-corrected chi connectivity index (χ1v) is 11.4. The van der Waals surface area contributed by atoms with Crippen LogP contribution < -0.4 is 15.4 Å². The fourth-order valence-corrected chi connectivity index (χ4v) is 4.91. The third kappa shape index (κ3) is 4.77. The summed E-state index contributed by atoms with van der Waals surface area (Å²) in [4.78, 5) is 27.3. The average Bonchev–Trinajstić information content (AvgIpc) is 3.15. The van der Waals surface area contributed by atoms with Gasteiger partial charge in [-0.05, 0) is 42.3 Å². The number of carbonyl (C=O) groups excluding carboxylic acids is 2. The number of amides is 2. The molecule has 4 rings (SSSR count). The van der Waals surface area contributed by atoms with Gasteiger partial charge in [-0.2, -0.15) is 0 Å². The minimum Gasteiger partial charge on any atom is -0.495 e. The van der Waals surface area contributed by atoms with E-state index in [-0.39, 0.29) is 11.8 Å². The minimum atomic E-state index is -0.382. The lowest BCUT2D eigenvalue weighted by atomic mass is 10.1. The number of benzene rings is 3. The van der Waals surface area contributed by atoms with Gasteiger partial charge in [0, 0.05) is 4.88 Å². The molecule has 1 aromatic heterocycles. The summed E-state index contributed by atoms with van der Waals surface area (Å²) in [5.41, 5.74) is 3.01. The van der Waals surface area contributed by atoms with Crippen molar-refractivity contribution in [2.45, 2.75) is 6.92 Å². The van der Waals surface area contributed by atoms with Gasteiger partial charge in [0.1, 0.15) is 10.8 Å². The molecule has 5 nitrogen and oxygen atoms in total. The number of methoxy groups -OCH3 is 1. The van der Waals surface area contributed by atoms with E-state index in [9.17, 15) is 9.59 Å². The number of para-hydroxylation sites is 2. The highest BCUT2D eigenvalue weighted by Crippen LogP contribution is 2.41. The second kappa shape index (κ2) is 9.90. The zero-order valence-corrected chi connectivity index (χ0v) is 19.6. The Labute approximate surface area is 201 Å². The molecule has 0 unspecified atom stereocenters. The van der Waals surface area contributed by atoms with Crippen LogP contribution >= 0.6 is 22.9 Å². The Morgan fingerprint density at radius 1 is 0.848 bits per heavy atom. The number of halogens is 1. The first kappa shape index (κ1) is 22.6. The molecule has 2 N–H and O–H groups in total. The molecule has 0 saturated carbocycles. The topological polar surface area (TPSA) is 67.4 Å². The van der Waals surface area contributed by atoms with Gasteiger partial charge in [0.15, 0.2) is 0 Å². The molecule has 0 bridgehead atoms. The number of hydrogen-bond donors (Lipinski definition) is 2. The highest BCUT2D eigenvalue weighted by Gasteiger charge is 2.25. The number of carbonyl (C=O) groups is 2. The van der Waals surface area contributed by atoms with Crippen molar-refractivity contribution in [3.63, 3.8) is 0 Å². The molecule has 7 heteroatoms. The molecule has 0 aliphatic heterocycles. The number of thiophene rings is 1. The summed E-state index contributed by atoms with van der Waals surface area (Å²) in [6.45, 7) is 1.88. The summed E-state index contributed by atoms with van der Waals surface area (Å²) < 4.78 is 5.36. The van der Waals surface area contributed by atoms with Gasteiger partial charge in [0.05, 0.1) is 28.9 Å². The molecular weight excluding hydrogens is 456 g/mol. The lowest BCUT2D eigenvalue weighted by Gasteiger charge is -2.12. The van der Waals surface area contributed by atoms with Crippen molar-refractivity contribution in [3.8, 4) is 16.2 Å². The molecular formula is C26H21ClN2O3S. The van der Waals surface area contributed by atoms with Gasteiger partial charge in [-0.25, -0.2) is 0 Å². The summed E-state index contributed by atoms with van der Waals surface area (Å²) in [5, 5.41) is 6.60. The first-order chi connectivity index (χ1) is 16.0. The summed E-state index contributed by atoms with van der Waals surface area (Å²) >= 11 is 7.56. The van der Waals surface area contributed by atoms with Crippen LogP contribution in [0.15, 0.2) is 78.9 Å². The van der Waals surface area contributed by atoms with Crippen molar-refractivity contribution in [2.75, 3.05) is 17.7 Å². The van der Waals surface area contributed by atoms with Crippen molar-refractivity contribution >= 4 is 45.4 Å². The van der Waals surface area contributed by atoms with E-state index in [1.54, 1.807) is 43.5 Å². The highest BCUT2D eigenvalue weighted by molar-refractivity contribution is 7.20. The molecule has 33 heavy (non-hydrogen) atoms. The molecule has 0 radical (unpaired) electrons. The van der Waals surface area contributed by atoms with Gasteiger partial charge < -0.3 is 15.4 Å². The summed E-state index contributed by atoms with van der Waals surface area (Å²) in [6, 6.07) is 23.7. The number of hydrogen-bond acceptors (Lipinski definition) is 4. The monoisotopic (exact) mass is 476 g/mol. The number of nitrogens with one attached hydrogen (secondary N) is 2. The van der Waals surface area contributed by atoms with Gasteiger partial charge in [0.25, 0.3) is 11.8 Å². The second-order valence-electron chi connectivity index (χ2n) is 7.21. The maximum atomic E-state index is 13.4. The van der Waals surface area contributed by atoms with Crippen LogP contribution in [-0.2, 0) is 0 Å². The van der Waals surface area contributed by atoms with Crippen LogP contribution in [0.5, 0.6) is 5.75 Å². The van der Waals surface area contributed by atoms with Crippen LogP contribution in [0, 0.1) is 6.92 Å². The Hall–Kier alpha value is -3.61. The first-order valence-electron chi connectivity index (χ1n) is 10.2. The predicted molar refractivity (Wildman–Crippen MR) is 135 cm³/mol. The van der Waals surface area contributed by atoms with E-state index in [0.717, 1.165) is 16.0 Å². The number of ether oxygens (including phenoxy) is 1. The molecule has 2 amide bonds. The van der Waals surface area contributed by atoms with E-state index in [4.69, 9.17) is 16.3 Å². The third-order valence-corrected chi connectivity index (χ3v) is 6.70. The van der Waals surface area contributed by atoms with E-state index in [1.165, 1.54) is 11.3 Å². The van der Waals surface area contributed by atoms with Crippen LogP contribution in [0.2, 0.25) is 5.02 Å². The fourth-order valence-electron chi connectivity index (χ4n) is 3.49. The van der Waals surface area contributed by atoms with Crippen molar-refractivity contribution in [3.05, 3.63) is 101 Å². The molecule has 0 saturated heterocycles. The van der Waals surface area contributed by atoms with Gasteiger partial charge in [-0.1, -0.05) is 66.2 Å². The maximum Gasteiger partial charge on any atom is 0.259 e. The molecule has 4 aromatic rings. The Morgan fingerprint density at radius 3 is 2.24 bits per heavy atom. The third-order valence-electron chi connectivity index (χ3n) is 5.11. The Bertz CT molecular complexity index is 1320. The molecule has 0 atom stereocenters. The van der Waals surface area contributed by atoms with Crippen LogP contribution in [0.25, 0.3) is 10.4 Å².